The number of carbonyl (C=O) groups excluding carboxylic acids is 1. The van der Waals surface area contributed by atoms with Crippen LogP contribution in [0.1, 0.15) is 5.82 Å². The summed E-state index contributed by atoms with van der Waals surface area (Å²) in [5.74, 6) is 0.502. The van der Waals surface area contributed by atoms with E-state index in [1.54, 1.807) is 16.7 Å². The number of amides is 1. The van der Waals surface area contributed by atoms with E-state index in [0.29, 0.717) is 16.7 Å². The predicted molar refractivity (Wildman–Crippen MR) is 110 cm³/mol. The van der Waals surface area contributed by atoms with Gasteiger partial charge in [-0.3, -0.25) is 9.36 Å². The van der Waals surface area contributed by atoms with E-state index in [9.17, 15) is 9.18 Å². The summed E-state index contributed by atoms with van der Waals surface area (Å²) in [5, 5.41) is 10.9. The number of nitrogens with two attached hydrogens (primary N) is 1. The van der Waals surface area contributed by atoms with Crippen LogP contribution in [-0.4, -0.2) is 26.4 Å². The number of hydrogen-bond acceptors (Lipinski definition) is 5. The Hall–Kier alpha value is -3.39. The van der Waals surface area contributed by atoms with Crippen molar-refractivity contribution in [3.8, 4) is 11.4 Å². The molecule has 0 aliphatic heterocycles. The molecule has 0 atom stereocenters. The summed E-state index contributed by atoms with van der Waals surface area (Å²) >= 11 is 1.16. The first kappa shape index (κ1) is 18.9. The van der Waals surface area contributed by atoms with Gasteiger partial charge in [-0.15, -0.1) is 10.2 Å². The lowest BCUT2D eigenvalue weighted by Crippen LogP contribution is -2.14. The molecule has 0 saturated carbocycles. The van der Waals surface area contributed by atoms with Crippen LogP contribution in [0.2, 0.25) is 0 Å². The van der Waals surface area contributed by atoms with Crippen molar-refractivity contribution in [3.63, 3.8) is 0 Å². The molecule has 0 spiro atoms. The Kier molecular flexibility index (Phi) is 5.44. The number of aromatic nitrogens is 3. The third-order valence-corrected chi connectivity index (χ3v) is 5.19. The molecule has 4 aromatic rings. The topological polar surface area (TPSA) is 83.0 Å². The molecule has 146 valence electrons. The first-order valence-corrected chi connectivity index (χ1v) is 9.82. The second-order valence-electron chi connectivity index (χ2n) is 6.23. The van der Waals surface area contributed by atoms with Gasteiger partial charge in [-0.25, -0.2) is 4.39 Å². The average molecular weight is 408 g/mol. The van der Waals surface area contributed by atoms with Crippen LogP contribution < -0.4 is 10.5 Å². The van der Waals surface area contributed by atoms with Gasteiger partial charge in [0.1, 0.15) is 18.2 Å². The van der Waals surface area contributed by atoms with Crippen LogP contribution in [0.15, 0.2) is 71.9 Å². The van der Waals surface area contributed by atoms with Gasteiger partial charge in [-0.2, -0.15) is 0 Å². The molecule has 0 aliphatic rings. The van der Waals surface area contributed by atoms with Crippen molar-refractivity contribution in [2.75, 3.05) is 5.75 Å². The lowest BCUT2D eigenvalue weighted by Gasteiger charge is -2.12. The number of thioether (sulfide) groups is 1. The van der Waals surface area contributed by atoms with Gasteiger partial charge < -0.3 is 10.5 Å². The second kappa shape index (κ2) is 8.32. The number of benzene rings is 3. The molecule has 0 fully saturated rings. The van der Waals surface area contributed by atoms with Crippen molar-refractivity contribution in [1.82, 2.24) is 14.8 Å². The fourth-order valence-corrected chi connectivity index (χ4v) is 3.65. The number of carbonyl (C=O) groups is 1. The Bertz CT molecular complexity index is 1160. The van der Waals surface area contributed by atoms with Gasteiger partial charge in [0.2, 0.25) is 5.91 Å². The molecular weight excluding hydrogens is 391 g/mol. The molecule has 0 saturated heterocycles. The molecule has 0 unspecified atom stereocenters. The Morgan fingerprint density at radius 3 is 2.59 bits per heavy atom. The second-order valence-corrected chi connectivity index (χ2v) is 7.17. The standard InChI is InChI=1S/C21H17FN4O2S/c22-15-8-10-16(11-9-15)26-20(24-25-21(26)29-13-19(23)27)12-28-18-7-3-5-14-4-1-2-6-17(14)18/h1-11H,12-13H2,(H2,23,27). The summed E-state index contributed by atoms with van der Waals surface area (Å²) in [4.78, 5) is 11.2. The number of halogens is 1. The molecule has 1 aromatic heterocycles. The summed E-state index contributed by atoms with van der Waals surface area (Å²) in [7, 11) is 0. The largest absolute Gasteiger partial charge is 0.485 e. The van der Waals surface area contributed by atoms with Crippen molar-refractivity contribution in [2.24, 2.45) is 5.73 Å². The first-order valence-electron chi connectivity index (χ1n) is 8.84. The maximum absolute atomic E-state index is 13.4. The molecule has 29 heavy (non-hydrogen) atoms. The van der Waals surface area contributed by atoms with Gasteiger partial charge in [0.15, 0.2) is 11.0 Å². The van der Waals surface area contributed by atoms with E-state index in [2.05, 4.69) is 10.2 Å². The van der Waals surface area contributed by atoms with Crippen molar-refractivity contribution < 1.29 is 13.9 Å². The minimum atomic E-state index is -0.461. The van der Waals surface area contributed by atoms with Gasteiger partial charge in [-0.1, -0.05) is 48.2 Å². The first-order chi connectivity index (χ1) is 14.1. The third kappa shape index (κ3) is 4.22. The van der Waals surface area contributed by atoms with Gasteiger partial charge in [0.25, 0.3) is 0 Å². The molecule has 0 radical (unpaired) electrons. The Morgan fingerprint density at radius 1 is 1.03 bits per heavy atom. The minimum Gasteiger partial charge on any atom is -0.485 e. The predicted octanol–water partition coefficient (Wildman–Crippen LogP) is 3.72. The minimum absolute atomic E-state index is 0.0590. The Labute approximate surface area is 170 Å². The van der Waals surface area contributed by atoms with Crippen molar-refractivity contribution >= 4 is 28.4 Å². The van der Waals surface area contributed by atoms with E-state index >= 15 is 0 Å². The van der Waals surface area contributed by atoms with Gasteiger partial charge in [0, 0.05) is 11.1 Å². The summed E-state index contributed by atoms with van der Waals surface area (Å²) in [6.45, 7) is 0.148. The van der Waals surface area contributed by atoms with Crippen molar-refractivity contribution in [3.05, 3.63) is 78.4 Å². The zero-order valence-corrected chi connectivity index (χ0v) is 16.1. The molecule has 6 nitrogen and oxygen atoms in total. The lowest BCUT2D eigenvalue weighted by molar-refractivity contribution is -0.115. The normalized spacial score (nSPS) is 10.9. The molecule has 4 rings (SSSR count). The number of nitrogens with zero attached hydrogens (tertiary/aromatic N) is 3. The van der Waals surface area contributed by atoms with E-state index < -0.39 is 5.91 Å². The number of fused-ring (bicyclic) bond motifs is 1. The fourth-order valence-electron chi connectivity index (χ4n) is 2.94. The van der Waals surface area contributed by atoms with Crippen LogP contribution in [0.25, 0.3) is 16.5 Å². The van der Waals surface area contributed by atoms with Crippen LogP contribution in [0.5, 0.6) is 5.75 Å². The van der Waals surface area contributed by atoms with Crippen molar-refractivity contribution in [2.45, 2.75) is 11.8 Å². The zero-order chi connectivity index (χ0) is 20.2. The molecule has 3 aromatic carbocycles. The smallest absolute Gasteiger partial charge is 0.227 e. The maximum Gasteiger partial charge on any atom is 0.227 e. The summed E-state index contributed by atoms with van der Waals surface area (Å²) < 4.78 is 21.1. The summed E-state index contributed by atoms with van der Waals surface area (Å²) in [6, 6.07) is 19.7. The highest BCUT2D eigenvalue weighted by molar-refractivity contribution is 7.99. The number of ether oxygens (including phenoxy) is 1. The average Bonchev–Trinajstić information content (AvgIpc) is 3.14. The third-order valence-electron chi connectivity index (χ3n) is 4.24. The lowest BCUT2D eigenvalue weighted by atomic mass is 10.1. The quantitative estimate of drug-likeness (QED) is 0.471. The van der Waals surface area contributed by atoms with E-state index in [0.717, 1.165) is 28.3 Å². The van der Waals surface area contributed by atoms with E-state index in [-0.39, 0.29) is 18.2 Å². The van der Waals surface area contributed by atoms with E-state index in [1.807, 2.05) is 42.5 Å². The number of primary amides is 1. The molecule has 1 amide bonds. The highest BCUT2D eigenvalue weighted by Gasteiger charge is 2.16. The zero-order valence-electron chi connectivity index (χ0n) is 15.3. The van der Waals surface area contributed by atoms with Crippen molar-refractivity contribution in [1.29, 1.82) is 0 Å². The SMILES string of the molecule is NC(=O)CSc1nnc(COc2cccc3ccccc23)n1-c1ccc(F)cc1. The molecule has 1 heterocycles. The van der Waals surface area contributed by atoms with Gasteiger partial charge in [-0.05, 0) is 35.7 Å². The summed E-state index contributed by atoms with van der Waals surface area (Å²) in [6.07, 6.45) is 0. The van der Waals surface area contributed by atoms with Gasteiger partial charge in [0.05, 0.1) is 5.75 Å². The van der Waals surface area contributed by atoms with Crippen LogP contribution in [0, 0.1) is 5.82 Å². The highest BCUT2D eigenvalue weighted by Crippen LogP contribution is 2.27. The molecule has 0 bridgehead atoms. The fraction of sp³-hybridized carbons (Fsp3) is 0.0952. The highest BCUT2D eigenvalue weighted by atomic mass is 32.2. The number of hydrogen-bond donors (Lipinski definition) is 1. The summed E-state index contributed by atoms with van der Waals surface area (Å²) in [5.41, 5.74) is 5.92. The monoisotopic (exact) mass is 408 g/mol. The van der Waals surface area contributed by atoms with E-state index in [4.69, 9.17) is 10.5 Å². The molecule has 8 heteroatoms. The van der Waals surface area contributed by atoms with E-state index in [1.165, 1.54) is 12.1 Å². The molecule has 0 aliphatic carbocycles. The molecule has 2 N–H and O–H groups in total. The van der Waals surface area contributed by atoms with Crippen LogP contribution in [0.4, 0.5) is 4.39 Å². The van der Waals surface area contributed by atoms with Gasteiger partial charge >= 0.3 is 0 Å². The number of rotatable bonds is 7. The van der Waals surface area contributed by atoms with Crippen LogP contribution in [-0.2, 0) is 11.4 Å². The maximum atomic E-state index is 13.4. The van der Waals surface area contributed by atoms with Crippen LogP contribution in [0.3, 0.4) is 0 Å². The Balaban J connectivity index is 1.66. The molecular formula is C21H17FN4O2S. The Morgan fingerprint density at radius 2 is 1.79 bits per heavy atom. The van der Waals surface area contributed by atoms with Crippen LogP contribution >= 0.6 is 11.8 Å².